The van der Waals surface area contributed by atoms with Crippen LogP contribution in [-0.4, -0.2) is 15.5 Å². The molecule has 0 radical (unpaired) electrons. The lowest BCUT2D eigenvalue weighted by Gasteiger charge is -2.47. The Morgan fingerprint density at radius 3 is 2.50 bits per heavy atom. The van der Waals surface area contributed by atoms with Crippen molar-refractivity contribution in [2.45, 2.75) is 21.9 Å². The van der Waals surface area contributed by atoms with Gasteiger partial charge in [-0.2, -0.15) is 0 Å². The second kappa shape index (κ2) is 1.99. The first-order chi connectivity index (χ1) is 7.57. The van der Waals surface area contributed by atoms with E-state index in [4.69, 9.17) is 39.5 Å². The monoisotopic (exact) mass is 276 g/mol. The first-order valence-electron chi connectivity index (χ1n) is 6.32. The van der Waals surface area contributed by atoms with Crippen LogP contribution in [0.3, 0.4) is 0 Å². The van der Waals surface area contributed by atoms with Crippen LogP contribution in [0.25, 0.3) is 0 Å². The van der Waals surface area contributed by atoms with Gasteiger partial charge in [-0.3, -0.25) is 0 Å². The molecule has 5 saturated carbocycles. The topological polar surface area (TPSA) is 9.23 Å². The smallest absolute Gasteiger partial charge is 0.219 e. The summed E-state index contributed by atoms with van der Waals surface area (Å²) in [6.45, 7) is 0. The summed E-state index contributed by atoms with van der Waals surface area (Å²) >= 11 is 18.9. The van der Waals surface area contributed by atoms with E-state index in [0.29, 0.717) is 17.9 Å². The van der Waals surface area contributed by atoms with E-state index in [-0.39, 0.29) is 5.60 Å². The summed E-state index contributed by atoms with van der Waals surface area (Å²) in [6.07, 6.45) is 1.88. The molecular weight excluding hydrogens is 266 g/mol. The molecule has 0 aromatic rings. The first-order valence-corrected chi connectivity index (χ1v) is 7.45. The van der Waals surface area contributed by atoms with Crippen molar-refractivity contribution >= 4 is 34.8 Å². The Morgan fingerprint density at radius 1 is 0.938 bits per heavy atom. The van der Waals surface area contributed by atoms with Crippen molar-refractivity contribution in [1.29, 1.82) is 0 Å². The Labute approximate surface area is 109 Å². The molecule has 10 atom stereocenters. The zero-order chi connectivity index (χ0) is 10.6. The maximum atomic E-state index is 6.32. The van der Waals surface area contributed by atoms with Gasteiger partial charge in [0.25, 0.3) is 0 Å². The summed E-state index contributed by atoms with van der Waals surface area (Å²) in [5.41, 5.74) is -0.380. The van der Waals surface area contributed by atoms with E-state index < -0.39 is 3.79 Å². The van der Waals surface area contributed by atoms with Crippen molar-refractivity contribution < 1.29 is 4.74 Å². The van der Waals surface area contributed by atoms with E-state index >= 15 is 0 Å². The number of rotatable bonds is 0. The minimum Gasteiger partial charge on any atom is -0.366 e. The molecule has 0 spiro atoms. The van der Waals surface area contributed by atoms with Crippen LogP contribution in [0.5, 0.6) is 0 Å². The maximum Gasteiger partial charge on any atom is 0.219 e. The Kier molecular flexibility index (Phi) is 1.10. The van der Waals surface area contributed by atoms with Gasteiger partial charge in [-0.1, -0.05) is 34.8 Å². The third kappa shape index (κ3) is 0.507. The Morgan fingerprint density at radius 2 is 1.75 bits per heavy atom. The van der Waals surface area contributed by atoms with Gasteiger partial charge in [-0.05, 0) is 41.9 Å². The molecule has 2 heterocycles. The lowest BCUT2D eigenvalue weighted by molar-refractivity contribution is -0.0275. The summed E-state index contributed by atoms with van der Waals surface area (Å²) in [7, 11) is 0. The molecule has 86 valence electrons. The Bertz CT molecular complexity index is 436. The predicted octanol–water partition coefficient (Wildman–Crippen LogP) is 2.88. The van der Waals surface area contributed by atoms with Gasteiger partial charge >= 0.3 is 0 Å². The molecule has 5 aliphatic carbocycles. The number of alkyl halides is 3. The molecule has 1 nitrogen and oxygen atoms in total. The fourth-order valence-corrected chi connectivity index (χ4v) is 8.35. The van der Waals surface area contributed by atoms with E-state index in [2.05, 4.69) is 0 Å². The van der Waals surface area contributed by atoms with Crippen molar-refractivity contribution in [1.82, 2.24) is 0 Å². The molecule has 0 unspecified atom stereocenters. The van der Waals surface area contributed by atoms with Crippen LogP contribution in [0.2, 0.25) is 0 Å². The van der Waals surface area contributed by atoms with Crippen molar-refractivity contribution in [2.75, 3.05) is 0 Å². The summed E-state index contributed by atoms with van der Waals surface area (Å²) < 4.78 is 5.12. The van der Waals surface area contributed by atoms with Crippen LogP contribution >= 0.6 is 34.8 Å². The second-order valence-electron chi connectivity index (χ2n) is 6.80. The molecule has 4 heteroatoms. The van der Waals surface area contributed by atoms with Gasteiger partial charge < -0.3 is 4.74 Å². The zero-order valence-electron chi connectivity index (χ0n) is 8.45. The van der Waals surface area contributed by atoms with Crippen molar-refractivity contribution in [3.63, 3.8) is 0 Å². The van der Waals surface area contributed by atoms with Crippen molar-refractivity contribution in [2.24, 2.45) is 47.3 Å². The molecule has 0 aromatic carbocycles. The lowest BCUT2D eigenvalue weighted by atomic mass is 9.57. The SMILES string of the molecule is ClC(Cl)(Cl)[C@@]12O[C@@H]3[C@@H]4[C@H]5[C@@H]6C[C@@H]([C@@H]5[C@@H]41)[C@@H]2[C@@H]63. The molecule has 7 aliphatic rings. The molecule has 2 aliphatic heterocycles. The highest BCUT2D eigenvalue weighted by Crippen LogP contribution is 2.92. The molecule has 7 rings (SSSR count). The molecule has 4 bridgehead atoms. The molecular formula is C12H11Cl3O. The molecule has 7 fully saturated rings. The third-order valence-corrected chi connectivity index (χ3v) is 8.03. The number of hydrogen-bond donors (Lipinski definition) is 0. The molecule has 0 N–H and O–H groups in total. The van der Waals surface area contributed by atoms with E-state index in [9.17, 15) is 0 Å². The predicted molar refractivity (Wildman–Crippen MR) is 60.4 cm³/mol. The minimum absolute atomic E-state index is 0.380. The summed E-state index contributed by atoms with van der Waals surface area (Å²) in [5, 5.41) is 0. The zero-order valence-corrected chi connectivity index (χ0v) is 10.7. The Hall–Kier alpha value is 0.830. The van der Waals surface area contributed by atoms with Gasteiger partial charge in [0.05, 0.1) is 6.10 Å². The van der Waals surface area contributed by atoms with Crippen LogP contribution in [0.4, 0.5) is 0 Å². The van der Waals surface area contributed by atoms with Crippen LogP contribution in [0, 0.1) is 47.3 Å². The van der Waals surface area contributed by atoms with Gasteiger partial charge in [-0.25, -0.2) is 0 Å². The highest BCUT2D eigenvalue weighted by atomic mass is 35.6. The van der Waals surface area contributed by atoms with Gasteiger partial charge in [0.15, 0.2) is 0 Å². The summed E-state index contributed by atoms with van der Waals surface area (Å²) in [6, 6.07) is 0. The van der Waals surface area contributed by atoms with E-state index in [1.165, 1.54) is 6.42 Å². The van der Waals surface area contributed by atoms with E-state index in [1.54, 1.807) is 0 Å². The number of hydrogen-bond acceptors (Lipinski definition) is 1. The van der Waals surface area contributed by atoms with Crippen molar-refractivity contribution in [3.05, 3.63) is 0 Å². The highest BCUT2D eigenvalue weighted by Gasteiger charge is 2.95. The second-order valence-corrected chi connectivity index (χ2v) is 9.08. The van der Waals surface area contributed by atoms with Gasteiger partial charge in [-0.15, -0.1) is 0 Å². The van der Waals surface area contributed by atoms with Crippen molar-refractivity contribution in [3.8, 4) is 0 Å². The van der Waals surface area contributed by atoms with E-state index in [0.717, 1.165) is 35.5 Å². The van der Waals surface area contributed by atoms with Crippen LogP contribution < -0.4 is 0 Å². The largest absolute Gasteiger partial charge is 0.366 e. The van der Waals surface area contributed by atoms with Gasteiger partial charge in [0.1, 0.15) is 5.60 Å². The van der Waals surface area contributed by atoms with E-state index in [1.807, 2.05) is 0 Å². The number of halogens is 3. The average Bonchev–Trinajstić information content (AvgIpc) is 2.68. The first kappa shape index (κ1) is 8.85. The quantitative estimate of drug-likeness (QED) is 0.619. The molecule has 16 heavy (non-hydrogen) atoms. The fourth-order valence-electron chi connectivity index (χ4n) is 7.46. The van der Waals surface area contributed by atoms with Gasteiger partial charge in [0, 0.05) is 11.8 Å². The average molecular weight is 278 g/mol. The lowest BCUT2D eigenvalue weighted by Crippen LogP contribution is -2.54. The minimum atomic E-state index is -1.21. The standard InChI is InChI=1S/C12H11Cl3O/c13-12(14,15)11-8-3-1-2-4-5(3)9(11)7(4)10(16-11)6(2)8/h2-10H,1H2/t2-,3-,4-,5-,6+,7+,8+,9-,10-,11-/m0/s1. The third-order valence-electron chi connectivity index (χ3n) is 7.14. The van der Waals surface area contributed by atoms with Crippen LogP contribution in [0.15, 0.2) is 0 Å². The maximum absolute atomic E-state index is 6.32. The summed E-state index contributed by atoms with van der Waals surface area (Å²) in [4.78, 5) is 0. The molecule has 2 saturated heterocycles. The highest BCUT2D eigenvalue weighted by molar-refractivity contribution is 6.68. The molecule has 0 amide bonds. The van der Waals surface area contributed by atoms with Gasteiger partial charge in [0.2, 0.25) is 3.79 Å². The molecule has 0 aromatic heterocycles. The normalized spacial score (nSPS) is 79.3. The summed E-state index contributed by atoms with van der Waals surface area (Å²) in [5.74, 6) is 6.28. The number of ether oxygens (including phenoxy) is 1. The Balaban J connectivity index is 1.71. The fraction of sp³-hybridized carbons (Fsp3) is 1.00. The van der Waals surface area contributed by atoms with Crippen LogP contribution in [0.1, 0.15) is 6.42 Å². The van der Waals surface area contributed by atoms with Crippen LogP contribution in [-0.2, 0) is 4.74 Å².